The van der Waals surface area contributed by atoms with Gasteiger partial charge in [0.1, 0.15) is 12.4 Å². The molecule has 22 heavy (non-hydrogen) atoms. The van der Waals surface area contributed by atoms with Crippen molar-refractivity contribution in [3.63, 3.8) is 0 Å². The number of thiophene rings is 1. The summed E-state index contributed by atoms with van der Waals surface area (Å²) < 4.78 is 5.64. The van der Waals surface area contributed by atoms with Gasteiger partial charge < -0.3 is 14.7 Å². The van der Waals surface area contributed by atoms with Gasteiger partial charge in [-0.3, -0.25) is 4.79 Å². The zero-order valence-electron chi connectivity index (χ0n) is 12.9. The van der Waals surface area contributed by atoms with Crippen LogP contribution in [0.3, 0.4) is 0 Å². The molecular formula is C17H21NO3S. The first kappa shape index (κ1) is 16.5. The van der Waals surface area contributed by atoms with Crippen LogP contribution in [-0.2, 0) is 11.2 Å². The molecule has 4 nitrogen and oxygen atoms in total. The highest BCUT2D eigenvalue weighted by Gasteiger charge is 2.21. The minimum atomic E-state index is -0.784. The summed E-state index contributed by atoms with van der Waals surface area (Å²) in [7, 11) is 4.01. The second-order valence-corrected chi connectivity index (χ2v) is 6.39. The minimum Gasteiger partial charge on any atom is -0.492 e. The number of nitrogens with zero attached hydrogens (tertiary/aromatic N) is 1. The fraction of sp³-hybridized carbons (Fsp3) is 0.353. The van der Waals surface area contributed by atoms with Gasteiger partial charge in [0.15, 0.2) is 0 Å². The monoisotopic (exact) mass is 319 g/mol. The van der Waals surface area contributed by atoms with Gasteiger partial charge in [-0.25, -0.2) is 0 Å². The van der Waals surface area contributed by atoms with Crippen molar-refractivity contribution >= 4 is 17.3 Å². The number of ether oxygens (including phenoxy) is 1. The predicted octanol–water partition coefficient (Wildman–Crippen LogP) is 3.10. The van der Waals surface area contributed by atoms with Gasteiger partial charge in [0, 0.05) is 11.4 Å². The van der Waals surface area contributed by atoms with Gasteiger partial charge in [0.2, 0.25) is 0 Å². The number of likely N-dealkylation sites (N-methyl/N-ethyl adjacent to an activating group) is 1. The minimum absolute atomic E-state index is 0.486. The van der Waals surface area contributed by atoms with Crippen molar-refractivity contribution in [2.45, 2.75) is 12.3 Å². The third kappa shape index (κ3) is 4.86. The van der Waals surface area contributed by atoms with E-state index in [9.17, 15) is 9.90 Å². The van der Waals surface area contributed by atoms with Gasteiger partial charge in [-0.15, -0.1) is 11.3 Å². The van der Waals surface area contributed by atoms with Crippen molar-refractivity contribution in [2.24, 2.45) is 0 Å². The Kier molecular flexibility index (Phi) is 5.98. The van der Waals surface area contributed by atoms with Crippen LogP contribution in [0.2, 0.25) is 0 Å². The van der Waals surface area contributed by atoms with Crippen molar-refractivity contribution in [1.82, 2.24) is 4.90 Å². The maximum Gasteiger partial charge on any atom is 0.312 e. The Balaban J connectivity index is 1.96. The van der Waals surface area contributed by atoms with Crippen molar-refractivity contribution in [1.29, 1.82) is 0 Å². The van der Waals surface area contributed by atoms with E-state index in [1.807, 2.05) is 55.9 Å². The zero-order chi connectivity index (χ0) is 15.9. The van der Waals surface area contributed by atoms with E-state index < -0.39 is 11.9 Å². The summed E-state index contributed by atoms with van der Waals surface area (Å²) in [4.78, 5) is 14.4. The third-order valence-corrected chi connectivity index (χ3v) is 4.34. The van der Waals surface area contributed by atoms with E-state index in [2.05, 4.69) is 4.90 Å². The average Bonchev–Trinajstić information content (AvgIpc) is 2.99. The summed E-state index contributed by atoms with van der Waals surface area (Å²) in [5.74, 6) is -0.456. The van der Waals surface area contributed by atoms with Crippen molar-refractivity contribution < 1.29 is 14.6 Å². The summed E-state index contributed by atoms with van der Waals surface area (Å²) >= 11 is 1.49. The normalized spacial score (nSPS) is 12.3. The highest BCUT2D eigenvalue weighted by Crippen LogP contribution is 2.26. The van der Waals surface area contributed by atoms with Crippen LogP contribution >= 0.6 is 11.3 Å². The van der Waals surface area contributed by atoms with Gasteiger partial charge in [-0.2, -0.15) is 0 Å². The first-order valence-corrected chi connectivity index (χ1v) is 8.07. The Morgan fingerprint density at radius 1 is 1.27 bits per heavy atom. The Bertz CT molecular complexity index is 578. The Morgan fingerprint density at radius 3 is 2.55 bits per heavy atom. The molecule has 0 spiro atoms. The highest BCUT2D eigenvalue weighted by molar-refractivity contribution is 7.10. The standard InChI is InChI=1S/C17H21NO3S/c1-18(2)9-10-21-14-7-5-13(6-8-14)12-15(17(19)20)16-4-3-11-22-16/h3-8,11,15H,9-10,12H2,1-2H3,(H,19,20). The molecule has 5 heteroatoms. The molecule has 1 atom stereocenters. The number of benzene rings is 1. The summed E-state index contributed by atoms with van der Waals surface area (Å²) in [6.45, 7) is 1.50. The lowest BCUT2D eigenvalue weighted by Gasteiger charge is -2.13. The molecule has 1 heterocycles. The topological polar surface area (TPSA) is 49.8 Å². The van der Waals surface area contributed by atoms with E-state index >= 15 is 0 Å². The molecule has 0 amide bonds. The van der Waals surface area contributed by atoms with Crippen LogP contribution in [0.25, 0.3) is 0 Å². The molecule has 0 aliphatic heterocycles. The van der Waals surface area contributed by atoms with Gasteiger partial charge in [0.25, 0.3) is 0 Å². The van der Waals surface area contributed by atoms with E-state index in [0.29, 0.717) is 13.0 Å². The summed E-state index contributed by atoms with van der Waals surface area (Å²) in [5.41, 5.74) is 1.00. The molecule has 0 aliphatic carbocycles. The fourth-order valence-electron chi connectivity index (χ4n) is 2.10. The molecule has 1 unspecified atom stereocenters. The van der Waals surface area contributed by atoms with E-state index in [1.54, 1.807) is 0 Å². The lowest BCUT2D eigenvalue weighted by molar-refractivity contribution is -0.138. The molecule has 2 rings (SSSR count). The van der Waals surface area contributed by atoms with Gasteiger partial charge in [-0.1, -0.05) is 18.2 Å². The molecule has 1 aromatic heterocycles. The SMILES string of the molecule is CN(C)CCOc1ccc(CC(C(=O)O)c2cccs2)cc1. The molecule has 0 saturated heterocycles. The summed E-state index contributed by atoms with van der Waals surface area (Å²) in [5, 5.41) is 11.3. The number of carbonyl (C=O) groups is 1. The molecule has 118 valence electrons. The second kappa shape index (κ2) is 7.96. The van der Waals surface area contributed by atoms with Crippen LogP contribution in [0.5, 0.6) is 5.75 Å². The zero-order valence-corrected chi connectivity index (χ0v) is 13.7. The molecular weight excluding hydrogens is 298 g/mol. The number of carboxylic acid groups (broad SMARTS) is 1. The third-order valence-electron chi connectivity index (χ3n) is 3.36. The van der Waals surface area contributed by atoms with E-state index in [0.717, 1.165) is 22.7 Å². The van der Waals surface area contributed by atoms with Gasteiger partial charge in [-0.05, 0) is 49.7 Å². The number of hydrogen-bond acceptors (Lipinski definition) is 4. The summed E-state index contributed by atoms with van der Waals surface area (Å²) in [6, 6.07) is 11.4. The lowest BCUT2D eigenvalue weighted by Crippen LogP contribution is -2.19. The molecule has 0 aliphatic rings. The predicted molar refractivity (Wildman–Crippen MR) is 88.9 cm³/mol. The number of hydrogen-bond donors (Lipinski definition) is 1. The van der Waals surface area contributed by atoms with Crippen LogP contribution < -0.4 is 4.74 Å². The smallest absolute Gasteiger partial charge is 0.312 e. The number of rotatable bonds is 8. The van der Waals surface area contributed by atoms with E-state index in [1.165, 1.54) is 11.3 Å². The average molecular weight is 319 g/mol. The van der Waals surface area contributed by atoms with Crippen LogP contribution in [-0.4, -0.2) is 43.2 Å². The second-order valence-electron chi connectivity index (χ2n) is 5.41. The largest absolute Gasteiger partial charge is 0.492 e. The Hall–Kier alpha value is -1.85. The summed E-state index contributed by atoms with van der Waals surface area (Å²) in [6.07, 6.45) is 0.494. The van der Waals surface area contributed by atoms with Gasteiger partial charge in [0.05, 0.1) is 5.92 Å². The fourth-order valence-corrected chi connectivity index (χ4v) is 2.92. The first-order chi connectivity index (χ1) is 10.6. The Morgan fingerprint density at radius 2 is 2.00 bits per heavy atom. The quantitative estimate of drug-likeness (QED) is 0.812. The van der Waals surface area contributed by atoms with Crippen LogP contribution in [0.15, 0.2) is 41.8 Å². The molecule has 0 saturated carbocycles. The molecule has 1 aromatic carbocycles. The van der Waals surface area contributed by atoms with E-state index in [-0.39, 0.29) is 0 Å². The van der Waals surface area contributed by atoms with Crippen LogP contribution in [0, 0.1) is 0 Å². The molecule has 2 aromatic rings. The maximum absolute atomic E-state index is 11.5. The lowest BCUT2D eigenvalue weighted by atomic mass is 9.98. The number of carboxylic acids is 1. The van der Waals surface area contributed by atoms with Crippen LogP contribution in [0.1, 0.15) is 16.4 Å². The maximum atomic E-state index is 11.5. The van der Waals surface area contributed by atoms with Gasteiger partial charge >= 0.3 is 5.97 Å². The van der Waals surface area contributed by atoms with Crippen molar-refractivity contribution in [3.8, 4) is 5.75 Å². The van der Waals surface area contributed by atoms with Crippen molar-refractivity contribution in [3.05, 3.63) is 52.2 Å². The van der Waals surface area contributed by atoms with Crippen LogP contribution in [0.4, 0.5) is 0 Å². The number of aliphatic carboxylic acids is 1. The molecule has 0 fully saturated rings. The first-order valence-electron chi connectivity index (χ1n) is 7.19. The Labute approximate surface area is 135 Å². The molecule has 1 N–H and O–H groups in total. The van der Waals surface area contributed by atoms with E-state index in [4.69, 9.17) is 4.74 Å². The molecule has 0 bridgehead atoms. The molecule has 0 radical (unpaired) electrons. The van der Waals surface area contributed by atoms with Crippen molar-refractivity contribution in [2.75, 3.05) is 27.2 Å². The highest BCUT2D eigenvalue weighted by atomic mass is 32.1.